The summed E-state index contributed by atoms with van der Waals surface area (Å²) in [4.78, 5) is 2.33. The van der Waals surface area contributed by atoms with E-state index in [0.29, 0.717) is 0 Å². The van der Waals surface area contributed by atoms with Gasteiger partial charge in [-0.05, 0) is 48.2 Å². The van der Waals surface area contributed by atoms with Crippen molar-refractivity contribution in [1.29, 1.82) is 0 Å². The third-order valence-electron chi connectivity index (χ3n) is 4.20. The summed E-state index contributed by atoms with van der Waals surface area (Å²) in [6.45, 7) is 2.15. The van der Waals surface area contributed by atoms with E-state index < -0.39 is 12.4 Å². The Kier molecular flexibility index (Phi) is 6.19. The van der Waals surface area contributed by atoms with Crippen molar-refractivity contribution in [3.63, 3.8) is 0 Å². The van der Waals surface area contributed by atoms with Gasteiger partial charge in [0.05, 0.1) is 6.04 Å². The van der Waals surface area contributed by atoms with Crippen LogP contribution >= 0.6 is 12.4 Å². The molecule has 3 rings (SSSR count). The summed E-state index contributed by atoms with van der Waals surface area (Å²) in [5.41, 5.74) is 9.05. The molecule has 7 heteroatoms. The highest BCUT2D eigenvalue weighted by atomic mass is 35.5. The molecule has 0 spiro atoms. The maximum absolute atomic E-state index is 12.2. The van der Waals surface area contributed by atoms with Crippen molar-refractivity contribution in [2.75, 3.05) is 18.0 Å². The summed E-state index contributed by atoms with van der Waals surface area (Å²) >= 11 is 0. The van der Waals surface area contributed by atoms with Crippen LogP contribution in [-0.2, 0) is 0 Å². The van der Waals surface area contributed by atoms with E-state index in [2.05, 4.69) is 9.64 Å². The van der Waals surface area contributed by atoms with Gasteiger partial charge in [0.15, 0.2) is 0 Å². The van der Waals surface area contributed by atoms with E-state index in [4.69, 9.17) is 5.73 Å². The van der Waals surface area contributed by atoms with Crippen LogP contribution in [0.5, 0.6) is 5.75 Å². The zero-order valence-corrected chi connectivity index (χ0v) is 14.3. The second-order valence-electron chi connectivity index (χ2n) is 5.88. The first-order chi connectivity index (χ1) is 11.4. The first-order valence-electron chi connectivity index (χ1n) is 7.88. The fourth-order valence-electron chi connectivity index (χ4n) is 2.94. The van der Waals surface area contributed by atoms with Gasteiger partial charge >= 0.3 is 6.36 Å². The number of benzene rings is 2. The highest BCUT2D eigenvalue weighted by Gasteiger charge is 2.31. The lowest BCUT2D eigenvalue weighted by molar-refractivity contribution is -0.274. The normalized spacial score (nSPS) is 15.6. The first-order valence-corrected chi connectivity index (χ1v) is 7.88. The van der Waals surface area contributed by atoms with Crippen LogP contribution in [0.1, 0.15) is 30.0 Å². The molecule has 136 valence electrons. The SMILES string of the molecule is Cl.N[C@@H](c1ccc(OC(F)(F)F)cc1)c1ccc(N2CCCC2)cc1. The standard InChI is InChI=1S/C18H19F3N2O.ClH/c19-18(20,21)24-16-9-5-14(6-10-16)17(22)13-3-7-15(8-4-13)23-11-1-2-12-23;/h3-10,17H,1-2,11-12,22H2;1H/t17-;/m1./s1. The molecular formula is C18H20ClF3N2O. The Morgan fingerprint density at radius 1 is 0.880 bits per heavy atom. The van der Waals surface area contributed by atoms with Crippen LogP contribution < -0.4 is 15.4 Å². The molecule has 1 aliphatic rings. The number of nitrogens with two attached hydrogens (primary N) is 1. The van der Waals surface area contributed by atoms with Crippen molar-refractivity contribution in [3.05, 3.63) is 59.7 Å². The number of halogens is 4. The maximum atomic E-state index is 12.2. The van der Waals surface area contributed by atoms with Gasteiger partial charge in [-0.2, -0.15) is 0 Å². The number of hydrogen-bond donors (Lipinski definition) is 1. The zero-order valence-electron chi connectivity index (χ0n) is 13.5. The molecule has 25 heavy (non-hydrogen) atoms. The predicted octanol–water partition coefficient (Wildman–Crippen LogP) is 4.66. The van der Waals surface area contributed by atoms with E-state index in [1.54, 1.807) is 12.1 Å². The predicted molar refractivity (Wildman–Crippen MR) is 94.3 cm³/mol. The molecule has 2 aromatic carbocycles. The zero-order chi connectivity index (χ0) is 17.2. The monoisotopic (exact) mass is 372 g/mol. The molecule has 0 amide bonds. The Hall–Kier alpha value is -1.92. The van der Waals surface area contributed by atoms with E-state index >= 15 is 0 Å². The highest BCUT2D eigenvalue weighted by molar-refractivity contribution is 5.85. The Labute approximate surface area is 151 Å². The van der Waals surface area contributed by atoms with Crippen molar-refractivity contribution in [1.82, 2.24) is 0 Å². The molecule has 2 N–H and O–H groups in total. The van der Waals surface area contributed by atoms with Crippen LogP contribution in [0.15, 0.2) is 48.5 Å². The largest absolute Gasteiger partial charge is 0.573 e. The lowest BCUT2D eigenvalue weighted by Gasteiger charge is -2.19. The van der Waals surface area contributed by atoms with Gasteiger partial charge in [0.1, 0.15) is 5.75 Å². The van der Waals surface area contributed by atoms with Gasteiger partial charge in [-0.3, -0.25) is 0 Å². The Morgan fingerprint density at radius 3 is 1.84 bits per heavy atom. The van der Waals surface area contributed by atoms with E-state index in [9.17, 15) is 13.2 Å². The number of nitrogens with zero attached hydrogens (tertiary/aromatic N) is 1. The molecule has 1 aliphatic heterocycles. The minimum atomic E-state index is -4.69. The van der Waals surface area contributed by atoms with Crippen molar-refractivity contribution in [2.45, 2.75) is 25.2 Å². The Morgan fingerprint density at radius 2 is 1.36 bits per heavy atom. The van der Waals surface area contributed by atoms with E-state index in [-0.39, 0.29) is 18.2 Å². The Bertz CT molecular complexity index is 668. The fraction of sp³-hybridized carbons (Fsp3) is 0.333. The smallest absolute Gasteiger partial charge is 0.406 e. The third-order valence-corrected chi connectivity index (χ3v) is 4.20. The molecule has 2 aromatic rings. The highest BCUT2D eigenvalue weighted by Crippen LogP contribution is 2.27. The molecule has 0 radical (unpaired) electrons. The van der Waals surface area contributed by atoms with Crippen LogP contribution in [0.2, 0.25) is 0 Å². The number of alkyl halides is 3. The Balaban J connectivity index is 0.00000225. The summed E-state index contributed by atoms with van der Waals surface area (Å²) < 4.78 is 40.4. The van der Waals surface area contributed by atoms with Crippen molar-refractivity contribution >= 4 is 18.1 Å². The number of rotatable bonds is 4. The molecule has 0 bridgehead atoms. The molecule has 1 heterocycles. The minimum absolute atomic E-state index is 0. The minimum Gasteiger partial charge on any atom is -0.406 e. The van der Waals surface area contributed by atoms with E-state index in [0.717, 1.165) is 24.2 Å². The summed E-state index contributed by atoms with van der Waals surface area (Å²) in [5, 5.41) is 0. The van der Waals surface area contributed by atoms with Crippen LogP contribution in [0.3, 0.4) is 0 Å². The van der Waals surface area contributed by atoms with Gasteiger partial charge in [0, 0.05) is 18.8 Å². The molecule has 1 atom stereocenters. The summed E-state index contributed by atoms with van der Waals surface area (Å²) in [6.07, 6.45) is -2.25. The molecular weight excluding hydrogens is 353 g/mol. The van der Waals surface area contributed by atoms with Gasteiger partial charge < -0.3 is 15.4 Å². The molecule has 0 aliphatic carbocycles. The summed E-state index contributed by atoms with van der Waals surface area (Å²) in [7, 11) is 0. The summed E-state index contributed by atoms with van der Waals surface area (Å²) in [6, 6.07) is 13.3. The number of anilines is 1. The second kappa shape index (κ2) is 7.97. The number of hydrogen-bond acceptors (Lipinski definition) is 3. The van der Waals surface area contributed by atoms with E-state index in [1.165, 1.54) is 30.7 Å². The van der Waals surface area contributed by atoms with Gasteiger partial charge in [-0.15, -0.1) is 25.6 Å². The van der Waals surface area contributed by atoms with Crippen molar-refractivity contribution in [2.24, 2.45) is 5.73 Å². The summed E-state index contributed by atoms with van der Waals surface area (Å²) in [5.74, 6) is -0.247. The lowest BCUT2D eigenvalue weighted by atomic mass is 9.99. The van der Waals surface area contributed by atoms with Crippen molar-refractivity contribution in [3.8, 4) is 5.75 Å². The average molecular weight is 373 g/mol. The van der Waals surface area contributed by atoms with Crippen LogP contribution in [0, 0.1) is 0 Å². The molecule has 0 saturated carbocycles. The maximum Gasteiger partial charge on any atom is 0.573 e. The number of ether oxygens (including phenoxy) is 1. The van der Waals surface area contributed by atoms with Crippen LogP contribution in [0.4, 0.5) is 18.9 Å². The van der Waals surface area contributed by atoms with Gasteiger partial charge in [-0.1, -0.05) is 24.3 Å². The van der Waals surface area contributed by atoms with Crippen molar-refractivity contribution < 1.29 is 17.9 Å². The topological polar surface area (TPSA) is 38.5 Å². The molecule has 3 nitrogen and oxygen atoms in total. The van der Waals surface area contributed by atoms with E-state index in [1.807, 2.05) is 24.3 Å². The molecule has 1 saturated heterocycles. The van der Waals surface area contributed by atoms with Gasteiger partial charge in [-0.25, -0.2) is 0 Å². The van der Waals surface area contributed by atoms with Crippen LogP contribution in [0.25, 0.3) is 0 Å². The lowest BCUT2D eigenvalue weighted by Crippen LogP contribution is -2.18. The average Bonchev–Trinajstić information content (AvgIpc) is 3.08. The molecule has 0 unspecified atom stereocenters. The third kappa shape index (κ3) is 5.03. The van der Waals surface area contributed by atoms with Gasteiger partial charge in [0.2, 0.25) is 0 Å². The fourth-order valence-corrected chi connectivity index (χ4v) is 2.94. The van der Waals surface area contributed by atoms with Crippen LogP contribution in [-0.4, -0.2) is 19.5 Å². The quantitative estimate of drug-likeness (QED) is 0.848. The van der Waals surface area contributed by atoms with Gasteiger partial charge in [0.25, 0.3) is 0 Å². The first kappa shape index (κ1) is 19.4. The molecule has 1 fully saturated rings. The molecule has 0 aromatic heterocycles. The second-order valence-corrected chi connectivity index (χ2v) is 5.88.